The summed E-state index contributed by atoms with van der Waals surface area (Å²) in [4.78, 5) is 15.3. The number of aryl methyl sites for hydroxylation is 3. The van der Waals surface area contributed by atoms with Gasteiger partial charge in [0.2, 0.25) is 10.0 Å². The minimum atomic E-state index is -3.62. The van der Waals surface area contributed by atoms with E-state index in [-0.39, 0.29) is 16.8 Å². The molecule has 31 heavy (non-hydrogen) atoms. The van der Waals surface area contributed by atoms with E-state index in [1.54, 1.807) is 12.1 Å². The van der Waals surface area contributed by atoms with Crippen LogP contribution in [-0.2, 0) is 22.9 Å². The Morgan fingerprint density at radius 2 is 1.71 bits per heavy atom. The van der Waals surface area contributed by atoms with Crippen LogP contribution >= 0.6 is 0 Å². The monoisotopic (exact) mass is 441 g/mol. The Bertz CT molecular complexity index is 1090. The van der Waals surface area contributed by atoms with E-state index in [9.17, 15) is 13.2 Å². The van der Waals surface area contributed by atoms with E-state index in [0.29, 0.717) is 31.7 Å². The van der Waals surface area contributed by atoms with E-state index in [0.717, 1.165) is 24.0 Å². The van der Waals surface area contributed by atoms with Gasteiger partial charge >= 0.3 is 0 Å². The van der Waals surface area contributed by atoms with Crippen molar-refractivity contribution in [2.24, 2.45) is 0 Å². The third kappa shape index (κ3) is 4.54. The molecular formula is C24H31N3O3S. The van der Waals surface area contributed by atoms with Gasteiger partial charge in [0.05, 0.1) is 10.9 Å². The Morgan fingerprint density at radius 3 is 2.45 bits per heavy atom. The maximum Gasteiger partial charge on any atom is 0.252 e. The number of piperazine rings is 1. The van der Waals surface area contributed by atoms with Crippen molar-refractivity contribution in [3.05, 3.63) is 64.2 Å². The van der Waals surface area contributed by atoms with Crippen molar-refractivity contribution in [3.63, 3.8) is 0 Å². The van der Waals surface area contributed by atoms with Gasteiger partial charge < -0.3 is 10.2 Å². The van der Waals surface area contributed by atoms with Gasteiger partial charge in [0.1, 0.15) is 0 Å². The van der Waals surface area contributed by atoms with E-state index < -0.39 is 10.0 Å². The first-order valence-electron chi connectivity index (χ1n) is 11.0. The van der Waals surface area contributed by atoms with Gasteiger partial charge in [0, 0.05) is 31.7 Å². The van der Waals surface area contributed by atoms with Gasteiger partial charge in [-0.2, -0.15) is 4.31 Å². The van der Waals surface area contributed by atoms with E-state index in [1.807, 2.05) is 20.9 Å². The molecule has 6 nitrogen and oxygen atoms in total. The molecule has 4 rings (SSSR count). The van der Waals surface area contributed by atoms with Gasteiger partial charge in [-0.3, -0.25) is 4.79 Å². The number of likely N-dealkylation sites (N-methyl/N-ethyl adjacent to an activating group) is 1. The van der Waals surface area contributed by atoms with Crippen molar-refractivity contribution >= 4 is 15.9 Å². The molecule has 2 aromatic rings. The lowest BCUT2D eigenvalue weighted by molar-refractivity contribution is 0.0939. The summed E-state index contributed by atoms with van der Waals surface area (Å²) >= 11 is 0. The van der Waals surface area contributed by atoms with Crippen molar-refractivity contribution in [1.82, 2.24) is 14.5 Å². The molecule has 2 aromatic carbocycles. The first-order chi connectivity index (χ1) is 14.8. The van der Waals surface area contributed by atoms with Gasteiger partial charge in [-0.1, -0.05) is 24.3 Å². The molecule has 1 aliphatic heterocycles. The normalized spacial score (nSPS) is 18.5. The molecular weight excluding hydrogens is 410 g/mol. The van der Waals surface area contributed by atoms with Crippen molar-refractivity contribution in [1.29, 1.82) is 0 Å². The van der Waals surface area contributed by atoms with Crippen LogP contribution in [0.1, 0.15) is 52.0 Å². The van der Waals surface area contributed by atoms with Crippen LogP contribution in [0, 0.1) is 6.92 Å². The fourth-order valence-electron chi connectivity index (χ4n) is 4.40. The van der Waals surface area contributed by atoms with Crippen LogP contribution < -0.4 is 5.32 Å². The molecule has 1 amide bonds. The number of hydrogen-bond acceptors (Lipinski definition) is 4. The van der Waals surface area contributed by atoms with E-state index in [2.05, 4.69) is 28.4 Å². The Morgan fingerprint density at radius 1 is 1.00 bits per heavy atom. The van der Waals surface area contributed by atoms with Gasteiger partial charge in [0.15, 0.2) is 0 Å². The number of nitrogens with one attached hydrogen (secondary N) is 1. The highest BCUT2D eigenvalue weighted by Gasteiger charge is 2.28. The summed E-state index contributed by atoms with van der Waals surface area (Å²) in [6.45, 7) is 6.14. The molecule has 1 aliphatic carbocycles. The zero-order chi connectivity index (χ0) is 22.2. The smallest absolute Gasteiger partial charge is 0.252 e. The summed E-state index contributed by atoms with van der Waals surface area (Å²) in [7, 11) is -1.63. The number of benzene rings is 2. The molecule has 1 fully saturated rings. The van der Waals surface area contributed by atoms with Crippen molar-refractivity contribution in [3.8, 4) is 0 Å². The Hall–Kier alpha value is -2.22. The maximum atomic E-state index is 13.1. The van der Waals surface area contributed by atoms with E-state index in [1.165, 1.54) is 27.9 Å². The zero-order valence-corrected chi connectivity index (χ0v) is 19.3. The van der Waals surface area contributed by atoms with Crippen molar-refractivity contribution in [2.45, 2.75) is 44.0 Å². The van der Waals surface area contributed by atoms with Crippen LogP contribution in [0.5, 0.6) is 0 Å². The average molecular weight is 442 g/mol. The second-order valence-corrected chi connectivity index (χ2v) is 10.7. The summed E-state index contributed by atoms with van der Waals surface area (Å²) in [6, 6.07) is 11.1. The first kappa shape index (κ1) is 22.0. The van der Waals surface area contributed by atoms with Crippen LogP contribution in [0.2, 0.25) is 0 Å². The van der Waals surface area contributed by atoms with Crippen LogP contribution in [-0.4, -0.2) is 56.8 Å². The topological polar surface area (TPSA) is 69.7 Å². The molecule has 0 bridgehead atoms. The van der Waals surface area contributed by atoms with Gasteiger partial charge in [-0.15, -0.1) is 0 Å². The number of fused-ring (bicyclic) bond motifs is 1. The number of nitrogens with zero attached hydrogens (tertiary/aromatic N) is 2. The summed E-state index contributed by atoms with van der Waals surface area (Å²) < 4.78 is 27.7. The number of carbonyl (C=O) groups is 1. The minimum Gasteiger partial charge on any atom is -0.346 e. The summed E-state index contributed by atoms with van der Waals surface area (Å²) in [5, 5.41) is 3.05. The fraction of sp³-hybridized carbons (Fsp3) is 0.458. The fourth-order valence-corrected chi connectivity index (χ4v) is 5.85. The van der Waals surface area contributed by atoms with Gasteiger partial charge in [0.25, 0.3) is 5.91 Å². The Labute approximate surface area is 185 Å². The summed E-state index contributed by atoms with van der Waals surface area (Å²) in [6.07, 6.45) is 3.41. The zero-order valence-electron chi connectivity index (χ0n) is 18.5. The molecule has 1 heterocycles. The highest BCUT2D eigenvalue weighted by atomic mass is 32.2. The van der Waals surface area contributed by atoms with Crippen LogP contribution in [0.3, 0.4) is 0 Å². The van der Waals surface area contributed by atoms with Gasteiger partial charge in [-0.05, 0) is 74.5 Å². The highest BCUT2D eigenvalue weighted by molar-refractivity contribution is 7.89. The summed E-state index contributed by atoms with van der Waals surface area (Å²) in [5.74, 6) is -0.249. The third-order valence-electron chi connectivity index (χ3n) is 6.52. The van der Waals surface area contributed by atoms with Crippen LogP contribution in [0.25, 0.3) is 0 Å². The maximum absolute atomic E-state index is 13.1. The largest absolute Gasteiger partial charge is 0.346 e. The molecule has 7 heteroatoms. The van der Waals surface area contributed by atoms with E-state index >= 15 is 0 Å². The van der Waals surface area contributed by atoms with Crippen molar-refractivity contribution < 1.29 is 13.2 Å². The molecule has 166 valence electrons. The molecule has 0 radical (unpaired) electrons. The molecule has 0 aromatic heterocycles. The highest BCUT2D eigenvalue weighted by Crippen LogP contribution is 2.26. The van der Waals surface area contributed by atoms with Crippen molar-refractivity contribution in [2.75, 3.05) is 33.2 Å². The number of carbonyl (C=O) groups excluding carboxylic acids is 1. The Kier molecular flexibility index (Phi) is 6.19. The molecule has 1 saturated heterocycles. The van der Waals surface area contributed by atoms with Crippen LogP contribution in [0.4, 0.5) is 0 Å². The number of rotatable bonds is 5. The first-order valence-corrected chi connectivity index (χ1v) is 12.4. The summed E-state index contributed by atoms with van der Waals surface area (Å²) in [5.41, 5.74) is 5.02. The second kappa shape index (κ2) is 8.73. The van der Waals surface area contributed by atoms with E-state index in [4.69, 9.17) is 0 Å². The quantitative estimate of drug-likeness (QED) is 0.775. The molecule has 2 aliphatic rings. The molecule has 0 spiro atoms. The molecule has 1 N–H and O–H groups in total. The lowest BCUT2D eigenvalue weighted by Gasteiger charge is -2.31. The Balaban J connectivity index is 1.53. The standard InChI is InChI=1S/C24H31N3O3S/c1-17-7-10-22(31(29,30)27-13-11-26(3)12-14-27)16-23(17)24(28)25-18(2)20-9-8-19-5-4-6-21(19)15-20/h7-10,15-16,18H,4-6,11-14H2,1-3H3,(H,25,28). The molecule has 1 unspecified atom stereocenters. The van der Waals surface area contributed by atoms with Crippen LogP contribution in [0.15, 0.2) is 41.3 Å². The third-order valence-corrected chi connectivity index (χ3v) is 8.42. The van der Waals surface area contributed by atoms with Gasteiger partial charge in [-0.25, -0.2) is 8.42 Å². The number of amides is 1. The lowest BCUT2D eigenvalue weighted by Crippen LogP contribution is -2.47. The number of sulfonamides is 1. The second-order valence-electron chi connectivity index (χ2n) is 8.76. The predicted octanol–water partition coefficient (Wildman–Crippen LogP) is 2.91. The molecule has 0 saturated carbocycles. The SMILES string of the molecule is Cc1ccc(S(=O)(=O)N2CCN(C)CC2)cc1C(=O)NC(C)c1ccc2c(c1)CCC2. The number of hydrogen-bond donors (Lipinski definition) is 1. The lowest BCUT2D eigenvalue weighted by atomic mass is 10.0. The minimum absolute atomic E-state index is 0.157. The predicted molar refractivity (Wildman–Crippen MR) is 122 cm³/mol. The molecule has 1 atom stereocenters. The average Bonchev–Trinajstić information content (AvgIpc) is 3.22.